The topological polar surface area (TPSA) is 54.0 Å². The van der Waals surface area contributed by atoms with E-state index in [0.717, 1.165) is 25.2 Å². The summed E-state index contributed by atoms with van der Waals surface area (Å²) in [4.78, 5) is 16.1. The summed E-state index contributed by atoms with van der Waals surface area (Å²) in [5, 5.41) is 6.23. The number of aromatic nitrogens is 1. The summed E-state index contributed by atoms with van der Waals surface area (Å²) in [6.07, 6.45) is 3.92. The molecule has 1 aromatic rings. The van der Waals surface area contributed by atoms with Crippen molar-refractivity contribution in [1.82, 2.24) is 10.3 Å². The zero-order valence-electron chi connectivity index (χ0n) is 12.0. The molecule has 104 valence electrons. The SMILES string of the molecule is CCCNc1ccnc(C(=O)NCC2CC2(C)C)c1. The minimum absolute atomic E-state index is 0.0807. The number of nitrogens with one attached hydrogen (secondary N) is 2. The van der Waals surface area contributed by atoms with Crippen LogP contribution in [0.15, 0.2) is 18.3 Å². The van der Waals surface area contributed by atoms with Gasteiger partial charge < -0.3 is 10.6 Å². The highest BCUT2D eigenvalue weighted by molar-refractivity contribution is 5.93. The normalized spacial score (nSPS) is 19.8. The first kappa shape index (κ1) is 13.8. The molecule has 0 aromatic carbocycles. The molecule has 1 atom stereocenters. The van der Waals surface area contributed by atoms with Gasteiger partial charge in [-0.15, -0.1) is 0 Å². The molecule has 4 nitrogen and oxygen atoms in total. The van der Waals surface area contributed by atoms with E-state index in [1.54, 1.807) is 6.20 Å². The number of carbonyl (C=O) groups excluding carboxylic acids is 1. The van der Waals surface area contributed by atoms with Crippen molar-refractivity contribution in [3.63, 3.8) is 0 Å². The van der Waals surface area contributed by atoms with Gasteiger partial charge in [-0.2, -0.15) is 0 Å². The number of rotatable bonds is 6. The first-order chi connectivity index (χ1) is 9.03. The van der Waals surface area contributed by atoms with Crippen molar-refractivity contribution in [3.8, 4) is 0 Å². The molecule has 1 amide bonds. The second-order valence-electron chi connectivity index (χ2n) is 5.96. The van der Waals surface area contributed by atoms with E-state index in [1.165, 1.54) is 6.42 Å². The zero-order valence-corrected chi connectivity index (χ0v) is 12.0. The average Bonchev–Trinajstić information content (AvgIpc) is 3.01. The predicted molar refractivity (Wildman–Crippen MR) is 77.2 cm³/mol. The van der Waals surface area contributed by atoms with E-state index in [0.29, 0.717) is 17.0 Å². The van der Waals surface area contributed by atoms with Gasteiger partial charge in [0.1, 0.15) is 5.69 Å². The smallest absolute Gasteiger partial charge is 0.269 e. The Morgan fingerprint density at radius 1 is 1.53 bits per heavy atom. The molecule has 0 bridgehead atoms. The van der Waals surface area contributed by atoms with Crippen LogP contribution in [0.25, 0.3) is 0 Å². The number of pyridine rings is 1. The van der Waals surface area contributed by atoms with Gasteiger partial charge in [0.15, 0.2) is 0 Å². The Hall–Kier alpha value is -1.58. The highest BCUT2D eigenvalue weighted by atomic mass is 16.1. The Morgan fingerprint density at radius 3 is 2.89 bits per heavy atom. The number of carbonyl (C=O) groups is 1. The highest BCUT2D eigenvalue weighted by Gasteiger charge is 2.45. The lowest BCUT2D eigenvalue weighted by Gasteiger charge is -2.08. The fourth-order valence-corrected chi connectivity index (χ4v) is 2.17. The molecule has 4 heteroatoms. The second-order valence-corrected chi connectivity index (χ2v) is 5.96. The van der Waals surface area contributed by atoms with Crippen molar-refractivity contribution in [1.29, 1.82) is 0 Å². The van der Waals surface area contributed by atoms with Gasteiger partial charge >= 0.3 is 0 Å². The summed E-state index contributed by atoms with van der Waals surface area (Å²) in [5.74, 6) is 0.528. The molecule has 1 fully saturated rings. The quantitative estimate of drug-likeness (QED) is 0.827. The summed E-state index contributed by atoms with van der Waals surface area (Å²) >= 11 is 0. The molecule has 19 heavy (non-hydrogen) atoms. The minimum atomic E-state index is -0.0807. The lowest BCUT2D eigenvalue weighted by molar-refractivity contribution is 0.0945. The van der Waals surface area contributed by atoms with Crippen LogP contribution in [0.3, 0.4) is 0 Å². The van der Waals surface area contributed by atoms with E-state index in [4.69, 9.17) is 0 Å². The summed E-state index contributed by atoms with van der Waals surface area (Å²) in [6.45, 7) is 8.23. The summed E-state index contributed by atoms with van der Waals surface area (Å²) < 4.78 is 0. The maximum absolute atomic E-state index is 12.0. The monoisotopic (exact) mass is 261 g/mol. The average molecular weight is 261 g/mol. The van der Waals surface area contributed by atoms with Crippen molar-refractivity contribution < 1.29 is 4.79 Å². The largest absolute Gasteiger partial charge is 0.385 e. The van der Waals surface area contributed by atoms with Crippen LogP contribution >= 0.6 is 0 Å². The zero-order chi connectivity index (χ0) is 13.9. The fraction of sp³-hybridized carbons (Fsp3) is 0.600. The van der Waals surface area contributed by atoms with E-state index >= 15 is 0 Å². The Morgan fingerprint density at radius 2 is 2.26 bits per heavy atom. The number of nitrogens with zero attached hydrogens (tertiary/aromatic N) is 1. The molecule has 0 aliphatic heterocycles. The summed E-state index contributed by atoms with van der Waals surface area (Å²) in [5.41, 5.74) is 1.83. The third kappa shape index (κ3) is 3.69. The molecule has 0 spiro atoms. The Labute approximate surface area is 115 Å². The van der Waals surface area contributed by atoms with Gasteiger partial charge in [-0.25, -0.2) is 0 Å². The first-order valence-corrected chi connectivity index (χ1v) is 7.01. The van der Waals surface area contributed by atoms with Gasteiger partial charge in [0.25, 0.3) is 5.91 Å². The van der Waals surface area contributed by atoms with Gasteiger partial charge in [0.2, 0.25) is 0 Å². The van der Waals surface area contributed by atoms with Gasteiger partial charge in [0, 0.05) is 25.0 Å². The summed E-state index contributed by atoms with van der Waals surface area (Å²) in [6, 6.07) is 3.69. The standard InChI is InChI=1S/C15H23N3O/c1-4-6-16-12-5-7-17-13(8-12)14(19)18-10-11-9-15(11,2)3/h5,7-8,11H,4,6,9-10H2,1-3H3,(H,16,17)(H,18,19). The molecule has 2 N–H and O–H groups in total. The maximum Gasteiger partial charge on any atom is 0.269 e. The maximum atomic E-state index is 12.0. The van der Waals surface area contributed by atoms with Crippen molar-refractivity contribution in [2.24, 2.45) is 11.3 Å². The van der Waals surface area contributed by atoms with Crippen LogP contribution < -0.4 is 10.6 Å². The van der Waals surface area contributed by atoms with Crippen LogP contribution in [0.2, 0.25) is 0 Å². The lowest BCUT2D eigenvalue weighted by Crippen LogP contribution is -2.27. The van der Waals surface area contributed by atoms with Crippen LogP contribution in [0.4, 0.5) is 5.69 Å². The van der Waals surface area contributed by atoms with E-state index < -0.39 is 0 Å². The Bertz CT molecular complexity index is 456. The van der Waals surface area contributed by atoms with E-state index in [1.807, 2.05) is 12.1 Å². The summed E-state index contributed by atoms with van der Waals surface area (Å²) in [7, 11) is 0. The van der Waals surface area contributed by atoms with Crippen LogP contribution in [-0.4, -0.2) is 24.0 Å². The second kappa shape index (κ2) is 5.59. The van der Waals surface area contributed by atoms with Crippen molar-refractivity contribution in [2.75, 3.05) is 18.4 Å². The number of amides is 1. The molecule has 0 saturated heterocycles. The van der Waals surface area contributed by atoms with Gasteiger partial charge in [-0.05, 0) is 36.3 Å². The molecular formula is C15H23N3O. The number of hydrogen-bond acceptors (Lipinski definition) is 3. The molecule has 1 aromatic heterocycles. The Kier molecular flexibility index (Phi) is 4.08. The first-order valence-electron chi connectivity index (χ1n) is 7.01. The van der Waals surface area contributed by atoms with Crippen LogP contribution in [0, 0.1) is 11.3 Å². The predicted octanol–water partition coefficient (Wildman–Crippen LogP) is 2.68. The lowest BCUT2D eigenvalue weighted by atomic mass is 10.1. The molecule has 1 aliphatic carbocycles. The minimum Gasteiger partial charge on any atom is -0.385 e. The van der Waals surface area contributed by atoms with Gasteiger partial charge in [-0.1, -0.05) is 20.8 Å². The third-order valence-corrected chi connectivity index (χ3v) is 3.80. The van der Waals surface area contributed by atoms with Crippen LogP contribution in [0.1, 0.15) is 44.1 Å². The molecule has 1 heterocycles. The molecule has 1 saturated carbocycles. The number of anilines is 1. The van der Waals surface area contributed by atoms with E-state index in [9.17, 15) is 4.79 Å². The van der Waals surface area contributed by atoms with Crippen molar-refractivity contribution in [3.05, 3.63) is 24.0 Å². The number of hydrogen-bond donors (Lipinski definition) is 2. The van der Waals surface area contributed by atoms with Crippen molar-refractivity contribution >= 4 is 11.6 Å². The fourth-order valence-electron chi connectivity index (χ4n) is 2.17. The van der Waals surface area contributed by atoms with Gasteiger partial charge in [0.05, 0.1) is 0 Å². The molecule has 1 unspecified atom stereocenters. The molecule has 1 aliphatic rings. The van der Waals surface area contributed by atoms with Crippen LogP contribution in [-0.2, 0) is 0 Å². The van der Waals surface area contributed by atoms with E-state index in [-0.39, 0.29) is 5.91 Å². The van der Waals surface area contributed by atoms with Gasteiger partial charge in [-0.3, -0.25) is 9.78 Å². The van der Waals surface area contributed by atoms with E-state index in [2.05, 4.69) is 36.4 Å². The highest BCUT2D eigenvalue weighted by Crippen LogP contribution is 2.50. The molecule has 0 radical (unpaired) electrons. The third-order valence-electron chi connectivity index (χ3n) is 3.80. The van der Waals surface area contributed by atoms with Crippen LogP contribution in [0.5, 0.6) is 0 Å². The molecule has 2 rings (SSSR count). The Balaban J connectivity index is 1.88. The molecular weight excluding hydrogens is 238 g/mol. The van der Waals surface area contributed by atoms with Crippen molar-refractivity contribution in [2.45, 2.75) is 33.6 Å².